The fraction of sp³-hybridized carbons (Fsp3) is 0.880. The summed E-state index contributed by atoms with van der Waals surface area (Å²) in [6.07, 6.45) is -7.04. The molecule has 3 fully saturated rings. The molecule has 232 valence electrons. The highest BCUT2D eigenvalue weighted by Gasteiger charge is 2.58. The molecular weight excluding hydrogens is 570 g/mol. The first kappa shape index (κ1) is 33.3. The first-order valence-electron chi connectivity index (χ1n) is 13.6. The lowest BCUT2D eigenvalue weighted by atomic mass is 9.96. The second-order valence-corrected chi connectivity index (χ2v) is 9.93. The van der Waals surface area contributed by atoms with Crippen LogP contribution in [0.1, 0.15) is 46.5 Å². The molecule has 3 aliphatic rings. The van der Waals surface area contributed by atoms with E-state index in [0.717, 1.165) is 20.0 Å². The van der Waals surface area contributed by atoms with Crippen LogP contribution in [0.5, 0.6) is 0 Å². The van der Waals surface area contributed by atoms with Crippen LogP contribution < -0.4 is 0 Å². The Kier molecular flexibility index (Phi) is 13.3. The minimum atomic E-state index is -1.48. The molecule has 0 N–H and O–H groups in total. The van der Waals surface area contributed by atoms with E-state index in [2.05, 4.69) is 10.0 Å². The van der Waals surface area contributed by atoms with Crippen LogP contribution in [0.25, 0.3) is 10.4 Å². The van der Waals surface area contributed by atoms with Crippen molar-refractivity contribution in [1.29, 1.82) is 0 Å². The molecule has 10 atom stereocenters. The third-order valence-electron chi connectivity index (χ3n) is 6.74. The van der Waals surface area contributed by atoms with E-state index >= 15 is 0 Å². The van der Waals surface area contributed by atoms with Crippen LogP contribution in [0.15, 0.2) is 5.11 Å². The molecule has 4 unspecified atom stereocenters. The van der Waals surface area contributed by atoms with E-state index in [0.29, 0.717) is 12.8 Å². The van der Waals surface area contributed by atoms with E-state index in [1.165, 1.54) is 6.92 Å². The smallest absolute Gasteiger partial charge is 0.339 e. The van der Waals surface area contributed by atoms with E-state index in [-0.39, 0.29) is 19.8 Å². The van der Waals surface area contributed by atoms with Gasteiger partial charge in [-0.1, -0.05) is 31.8 Å². The summed E-state index contributed by atoms with van der Waals surface area (Å²) < 4.78 is 52.3. The van der Waals surface area contributed by atoms with E-state index in [1.807, 2.05) is 13.8 Å². The van der Waals surface area contributed by atoms with Gasteiger partial charge in [-0.25, -0.2) is 4.79 Å². The molecule has 0 aromatic heterocycles. The van der Waals surface area contributed by atoms with Gasteiger partial charge in [0.2, 0.25) is 0 Å². The second-order valence-electron chi connectivity index (χ2n) is 9.66. The molecule has 3 heterocycles. The largest absolute Gasteiger partial charge is 0.467 e. The summed E-state index contributed by atoms with van der Waals surface area (Å²) in [6, 6.07) is -1.07. The lowest BCUT2D eigenvalue weighted by molar-refractivity contribution is -0.337. The summed E-state index contributed by atoms with van der Waals surface area (Å²) in [6.45, 7) is 5.73. The van der Waals surface area contributed by atoms with E-state index in [1.54, 1.807) is 0 Å². The Morgan fingerprint density at radius 1 is 0.976 bits per heavy atom. The van der Waals surface area contributed by atoms with E-state index in [4.69, 9.17) is 59.8 Å². The molecule has 41 heavy (non-hydrogen) atoms. The zero-order valence-corrected chi connectivity index (χ0v) is 24.3. The summed E-state index contributed by atoms with van der Waals surface area (Å²) >= 11 is 5.71. The Morgan fingerprint density at radius 2 is 1.66 bits per heavy atom. The van der Waals surface area contributed by atoms with Gasteiger partial charge in [-0.15, -0.1) is 11.6 Å². The Balaban J connectivity index is 2.02. The molecule has 3 aliphatic heterocycles. The molecule has 0 spiro atoms. The number of esters is 3. The predicted octanol–water partition coefficient (Wildman–Crippen LogP) is 2.16. The summed E-state index contributed by atoms with van der Waals surface area (Å²) in [5.41, 5.74) is 9.15. The van der Waals surface area contributed by atoms with Crippen LogP contribution in [0.2, 0.25) is 0 Å². The number of rotatable bonds is 15. The average Bonchev–Trinajstić information content (AvgIpc) is 3.40. The molecule has 0 radical (unpaired) electrons. The van der Waals surface area contributed by atoms with Crippen LogP contribution in [-0.4, -0.2) is 112 Å². The van der Waals surface area contributed by atoms with Crippen molar-refractivity contribution in [3.05, 3.63) is 10.4 Å². The maximum Gasteiger partial charge on any atom is 0.339 e. The molecule has 0 aliphatic carbocycles. The van der Waals surface area contributed by atoms with Crippen molar-refractivity contribution in [2.24, 2.45) is 5.11 Å². The lowest BCUT2D eigenvalue weighted by Gasteiger charge is -2.47. The molecule has 3 rings (SSSR count). The summed E-state index contributed by atoms with van der Waals surface area (Å²) in [5.74, 6) is -2.77. The van der Waals surface area contributed by atoms with Gasteiger partial charge in [-0.3, -0.25) is 9.59 Å². The molecule has 0 amide bonds. The fourth-order valence-electron chi connectivity index (χ4n) is 4.81. The van der Waals surface area contributed by atoms with E-state index < -0.39 is 85.1 Å². The van der Waals surface area contributed by atoms with E-state index in [9.17, 15) is 14.4 Å². The van der Waals surface area contributed by atoms with Gasteiger partial charge in [0.25, 0.3) is 0 Å². The summed E-state index contributed by atoms with van der Waals surface area (Å²) in [5, 5.41) is 3.73. The quantitative estimate of drug-likeness (QED) is 0.0503. The Morgan fingerprint density at radius 3 is 2.24 bits per heavy atom. The number of hydrogen-bond donors (Lipinski definition) is 0. The van der Waals surface area contributed by atoms with Crippen LogP contribution in [0, 0.1) is 0 Å². The van der Waals surface area contributed by atoms with Crippen LogP contribution in [-0.2, 0) is 57.0 Å². The van der Waals surface area contributed by atoms with Crippen molar-refractivity contribution in [2.45, 2.75) is 108 Å². The average molecular weight is 608 g/mol. The Hall–Kier alpha value is -2.23. The monoisotopic (exact) mass is 607 g/mol. The van der Waals surface area contributed by atoms with Gasteiger partial charge in [0.15, 0.2) is 24.8 Å². The summed E-state index contributed by atoms with van der Waals surface area (Å²) in [7, 11) is 1.16. The van der Waals surface area contributed by atoms with Crippen molar-refractivity contribution < 1.29 is 57.0 Å². The molecule has 0 aromatic carbocycles. The zero-order chi connectivity index (χ0) is 29.9. The van der Waals surface area contributed by atoms with Crippen molar-refractivity contribution >= 4 is 29.5 Å². The molecule has 0 saturated carbocycles. The third-order valence-corrected chi connectivity index (χ3v) is 6.96. The van der Waals surface area contributed by atoms with Gasteiger partial charge in [0, 0.05) is 25.0 Å². The fourth-order valence-corrected chi connectivity index (χ4v) is 4.88. The maximum atomic E-state index is 12.9. The molecule has 0 aromatic rings. The maximum absolute atomic E-state index is 12.9. The van der Waals surface area contributed by atoms with Crippen molar-refractivity contribution in [3.8, 4) is 0 Å². The first-order valence-corrected chi connectivity index (χ1v) is 14.2. The van der Waals surface area contributed by atoms with Gasteiger partial charge in [0.05, 0.1) is 13.7 Å². The number of alkyl halides is 1. The number of nitrogens with zero attached hydrogens (tertiary/aromatic N) is 3. The highest BCUT2D eigenvalue weighted by Crippen LogP contribution is 2.37. The topological polar surface area (TPSA) is 183 Å². The minimum absolute atomic E-state index is 0.0471. The van der Waals surface area contributed by atoms with Crippen molar-refractivity contribution in [2.75, 3.05) is 32.8 Å². The van der Waals surface area contributed by atoms with Gasteiger partial charge in [-0.2, -0.15) is 0 Å². The Bertz CT molecular complexity index is 938. The number of ether oxygens (including phenoxy) is 9. The molecule has 16 heteroatoms. The predicted molar refractivity (Wildman–Crippen MR) is 139 cm³/mol. The molecular formula is C25H38ClN3O12. The molecule has 15 nitrogen and oxygen atoms in total. The van der Waals surface area contributed by atoms with Gasteiger partial charge in [-0.05, 0) is 18.4 Å². The number of azide groups is 1. The van der Waals surface area contributed by atoms with Crippen molar-refractivity contribution in [3.63, 3.8) is 0 Å². The molecule has 2 bridgehead atoms. The SMILES string of the molecule is CCCCOC1[C@H](O[C@@H]2C3CO[C@H](O3)[C@@H](N=[N+]=[N-])C2OC(C)=O)OC(C(=O)OC)[C@@H](OC(=O)CCl)[C@@H]1OCCCC. The minimum Gasteiger partial charge on any atom is -0.467 e. The van der Waals surface area contributed by atoms with Gasteiger partial charge < -0.3 is 42.6 Å². The standard InChI is InChI=1S/C25H38ClN3O12/c1-5-7-9-34-19-20(39-15(31)11-26)21(23(32)33-4)41-25(22(19)35-10-8-6-2)40-17-14-12-36-24(38-14)16(28-29-27)18(17)37-13(3)30/h14,16-22,24-25H,5-12H2,1-4H3/t14?,16-,17+,18?,19-,20-,21?,22?,24+,25+/m0/s1. The zero-order valence-electron chi connectivity index (χ0n) is 23.5. The lowest BCUT2D eigenvalue weighted by Crippen LogP contribution is -2.65. The number of fused-ring (bicyclic) bond motifs is 2. The van der Waals surface area contributed by atoms with Gasteiger partial charge >= 0.3 is 17.9 Å². The number of methoxy groups -OCH3 is 1. The second kappa shape index (κ2) is 16.4. The number of carbonyl (C=O) groups is 3. The highest BCUT2D eigenvalue weighted by molar-refractivity contribution is 6.26. The van der Waals surface area contributed by atoms with Crippen LogP contribution >= 0.6 is 11.6 Å². The van der Waals surface area contributed by atoms with Crippen molar-refractivity contribution in [1.82, 2.24) is 0 Å². The third kappa shape index (κ3) is 8.42. The van der Waals surface area contributed by atoms with Gasteiger partial charge in [0.1, 0.15) is 42.4 Å². The van der Waals surface area contributed by atoms with Crippen LogP contribution in [0.3, 0.4) is 0 Å². The summed E-state index contributed by atoms with van der Waals surface area (Å²) in [4.78, 5) is 40.1. The highest BCUT2D eigenvalue weighted by atomic mass is 35.5. The molecule has 3 saturated heterocycles. The number of hydrogen-bond acceptors (Lipinski definition) is 13. The normalized spacial score (nSPS) is 34.4. The number of carbonyl (C=O) groups excluding carboxylic acids is 3. The van der Waals surface area contributed by atoms with Crippen LogP contribution in [0.4, 0.5) is 0 Å². The Labute approximate surface area is 242 Å². The number of halogens is 1. The first-order chi connectivity index (χ1) is 19.8. The number of unbranched alkanes of at least 4 members (excludes halogenated alkanes) is 2.